The fourth-order valence-corrected chi connectivity index (χ4v) is 2.24. The minimum absolute atomic E-state index is 0.146. The number of halogens is 2. The lowest BCUT2D eigenvalue weighted by molar-refractivity contribution is -0.117. The molecule has 3 N–H and O–H groups in total. The molecule has 106 valence electrons. The summed E-state index contributed by atoms with van der Waals surface area (Å²) < 4.78 is 0. The fourth-order valence-electron chi connectivity index (χ4n) is 1.64. The molecule has 0 aromatic heterocycles. The minimum atomic E-state index is -0.146. The van der Waals surface area contributed by atoms with Gasteiger partial charge in [0.2, 0.25) is 5.91 Å². The lowest BCUT2D eigenvalue weighted by Gasteiger charge is -2.16. The van der Waals surface area contributed by atoms with Crippen molar-refractivity contribution in [3.8, 4) is 0 Å². The second-order valence-corrected chi connectivity index (χ2v) is 5.31. The van der Waals surface area contributed by atoms with E-state index >= 15 is 0 Å². The van der Waals surface area contributed by atoms with Crippen LogP contribution in [0.5, 0.6) is 0 Å². The summed E-state index contributed by atoms with van der Waals surface area (Å²) in [5.74, 6) is -0.146. The molecule has 0 aliphatic heterocycles. The molecule has 0 aliphatic rings. The lowest BCUT2D eigenvalue weighted by Crippen LogP contribution is -2.31. The predicted molar refractivity (Wildman–Crippen MR) is 81.9 cm³/mol. The number of unbranched alkanes of at least 4 members (excludes halogenated alkanes) is 1. The van der Waals surface area contributed by atoms with Gasteiger partial charge in [-0.3, -0.25) is 9.69 Å². The van der Waals surface area contributed by atoms with Crippen LogP contribution in [0.1, 0.15) is 19.8 Å². The van der Waals surface area contributed by atoms with Gasteiger partial charge in [-0.15, -0.1) is 0 Å². The predicted octanol–water partition coefficient (Wildman–Crippen LogP) is 3.25. The van der Waals surface area contributed by atoms with Crippen LogP contribution in [0, 0.1) is 0 Å². The topological polar surface area (TPSA) is 58.4 Å². The summed E-state index contributed by atoms with van der Waals surface area (Å²) in [6.07, 6.45) is 2.16. The van der Waals surface area contributed by atoms with Crippen LogP contribution in [0.25, 0.3) is 0 Å². The van der Waals surface area contributed by atoms with E-state index in [0.29, 0.717) is 28.0 Å². The van der Waals surface area contributed by atoms with E-state index in [0.717, 1.165) is 19.4 Å². The van der Waals surface area contributed by atoms with Gasteiger partial charge in [0.05, 0.1) is 22.3 Å². The number of amides is 1. The minimum Gasteiger partial charge on any atom is -0.399 e. The van der Waals surface area contributed by atoms with Crippen molar-refractivity contribution in [2.24, 2.45) is 0 Å². The van der Waals surface area contributed by atoms with Gasteiger partial charge < -0.3 is 11.1 Å². The molecule has 6 heteroatoms. The molecule has 1 aromatic rings. The van der Waals surface area contributed by atoms with Crippen molar-refractivity contribution in [1.82, 2.24) is 4.90 Å². The molecule has 0 spiro atoms. The number of benzene rings is 1. The SMILES string of the molecule is CCCCN(C)CC(=O)Nc1c(Cl)cc(N)cc1Cl. The van der Waals surface area contributed by atoms with Crippen LogP contribution in [0.4, 0.5) is 11.4 Å². The number of nitrogens with two attached hydrogens (primary N) is 1. The second kappa shape index (κ2) is 7.58. The molecular weight excluding hydrogens is 285 g/mol. The van der Waals surface area contributed by atoms with E-state index in [1.807, 2.05) is 11.9 Å². The van der Waals surface area contributed by atoms with E-state index in [4.69, 9.17) is 28.9 Å². The van der Waals surface area contributed by atoms with Crippen LogP contribution in [-0.4, -0.2) is 30.9 Å². The third-order valence-electron chi connectivity index (χ3n) is 2.64. The van der Waals surface area contributed by atoms with Crippen molar-refractivity contribution in [3.63, 3.8) is 0 Å². The van der Waals surface area contributed by atoms with Gasteiger partial charge in [-0.25, -0.2) is 0 Å². The monoisotopic (exact) mass is 303 g/mol. The Morgan fingerprint density at radius 3 is 2.47 bits per heavy atom. The Morgan fingerprint density at radius 2 is 1.95 bits per heavy atom. The van der Waals surface area contributed by atoms with Gasteiger partial charge in [0.25, 0.3) is 0 Å². The Labute approximate surface area is 123 Å². The zero-order valence-corrected chi connectivity index (χ0v) is 12.7. The number of hydrogen-bond donors (Lipinski definition) is 2. The second-order valence-electron chi connectivity index (χ2n) is 4.50. The van der Waals surface area contributed by atoms with Gasteiger partial charge in [0.15, 0.2) is 0 Å². The molecule has 0 heterocycles. The number of carbonyl (C=O) groups is 1. The highest BCUT2D eigenvalue weighted by Gasteiger charge is 2.12. The Kier molecular flexibility index (Phi) is 6.42. The first-order valence-electron chi connectivity index (χ1n) is 6.17. The first-order chi connectivity index (χ1) is 8.93. The van der Waals surface area contributed by atoms with Crippen LogP contribution in [0.3, 0.4) is 0 Å². The third kappa shape index (κ3) is 5.27. The molecular formula is C13H19Cl2N3O. The molecule has 0 fully saturated rings. The molecule has 4 nitrogen and oxygen atoms in total. The maximum absolute atomic E-state index is 11.9. The molecule has 1 aromatic carbocycles. The molecule has 0 bridgehead atoms. The zero-order chi connectivity index (χ0) is 14.4. The lowest BCUT2D eigenvalue weighted by atomic mass is 10.2. The number of likely N-dealkylation sites (N-methyl/N-ethyl adjacent to an activating group) is 1. The number of carbonyl (C=O) groups excluding carboxylic acids is 1. The third-order valence-corrected chi connectivity index (χ3v) is 3.23. The van der Waals surface area contributed by atoms with Crippen LogP contribution in [0.2, 0.25) is 10.0 Å². The number of hydrogen-bond acceptors (Lipinski definition) is 3. The molecule has 19 heavy (non-hydrogen) atoms. The quantitative estimate of drug-likeness (QED) is 0.793. The number of nitrogen functional groups attached to an aromatic ring is 1. The smallest absolute Gasteiger partial charge is 0.238 e. The van der Waals surface area contributed by atoms with Gasteiger partial charge >= 0.3 is 0 Å². The van der Waals surface area contributed by atoms with E-state index in [9.17, 15) is 4.79 Å². The Balaban J connectivity index is 2.62. The van der Waals surface area contributed by atoms with Crippen LogP contribution in [-0.2, 0) is 4.79 Å². The van der Waals surface area contributed by atoms with E-state index in [1.54, 1.807) is 12.1 Å². The Hall–Kier alpha value is -0.970. The van der Waals surface area contributed by atoms with Gasteiger partial charge in [-0.05, 0) is 32.1 Å². The summed E-state index contributed by atoms with van der Waals surface area (Å²) in [5, 5.41) is 3.40. The highest BCUT2D eigenvalue weighted by Crippen LogP contribution is 2.32. The van der Waals surface area contributed by atoms with Crippen molar-refractivity contribution in [1.29, 1.82) is 0 Å². The van der Waals surface area contributed by atoms with E-state index in [2.05, 4.69) is 12.2 Å². The zero-order valence-electron chi connectivity index (χ0n) is 11.2. The first kappa shape index (κ1) is 16.1. The van der Waals surface area contributed by atoms with Crippen LogP contribution >= 0.6 is 23.2 Å². The van der Waals surface area contributed by atoms with E-state index in [1.165, 1.54) is 0 Å². The van der Waals surface area contributed by atoms with E-state index < -0.39 is 0 Å². The highest BCUT2D eigenvalue weighted by atomic mass is 35.5. The normalized spacial score (nSPS) is 10.8. The standard InChI is InChI=1S/C13H19Cl2N3O/c1-3-4-5-18(2)8-12(19)17-13-10(14)6-9(16)7-11(13)15/h6-7H,3-5,8,16H2,1-2H3,(H,17,19). The maximum Gasteiger partial charge on any atom is 0.238 e. The molecule has 0 radical (unpaired) electrons. The van der Waals surface area contributed by atoms with Gasteiger partial charge in [0, 0.05) is 5.69 Å². The summed E-state index contributed by atoms with van der Waals surface area (Å²) in [6.45, 7) is 3.30. The molecule has 0 unspecified atom stereocenters. The highest BCUT2D eigenvalue weighted by molar-refractivity contribution is 6.40. The number of rotatable bonds is 6. The number of nitrogens with zero attached hydrogens (tertiary/aromatic N) is 1. The van der Waals surface area contributed by atoms with Crippen LogP contribution < -0.4 is 11.1 Å². The van der Waals surface area contributed by atoms with Crippen molar-refractivity contribution in [2.45, 2.75) is 19.8 Å². The summed E-state index contributed by atoms with van der Waals surface area (Å²) in [4.78, 5) is 13.8. The molecule has 0 atom stereocenters. The van der Waals surface area contributed by atoms with E-state index in [-0.39, 0.29) is 5.91 Å². The molecule has 0 aliphatic carbocycles. The summed E-state index contributed by atoms with van der Waals surface area (Å²) in [6, 6.07) is 3.12. The maximum atomic E-state index is 11.9. The van der Waals surface area contributed by atoms with Gasteiger partial charge in [0.1, 0.15) is 0 Å². The summed E-state index contributed by atoms with van der Waals surface area (Å²) >= 11 is 12.0. The van der Waals surface area contributed by atoms with Crippen LogP contribution in [0.15, 0.2) is 12.1 Å². The fraction of sp³-hybridized carbons (Fsp3) is 0.462. The first-order valence-corrected chi connectivity index (χ1v) is 6.92. The largest absolute Gasteiger partial charge is 0.399 e. The number of nitrogens with one attached hydrogen (secondary N) is 1. The Morgan fingerprint density at radius 1 is 1.37 bits per heavy atom. The average Bonchev–Trinajstić information content (AvgIpc) is 2.31. The number of anilines is 2. The molecule has 1 rings (SSSR count). The van der Waals surface area contributed by atoms with Crippen molar-refractivity contribution in [2.75, 3.05) is 31.2 Å². The summed E-state index contributed by atoms with van der Waals surface area (Å²) in [5.41, 5.74) is 6.48. The molecule has 0 saturated heterocycles. The summed E-state index contributed by atoms with van der Waals surface area (Å²) in [7, 11) is 1.90. The van der Waals surface area contributed by atoms with Gasteiger partial charge in [-0.1, -0.05) is 36.5 Å². The van der Waals surface area contributed by atoms with Gasteiger partial charge in [-0.2, -0.15) is 0 Å². The average molecular weight is 304 g/mol. The molecule has 1 amide bonds. The van der Waals surface area contributed by atoms with Crippen molar-refractivity contribution >= 4 is 40.5 Å². The van der Waals surface area contributed by atoms with Crippen molar-refractivity contribution in [3.05, 3.63) is 22.2 Å². The molecule has 0 saturated carbocycles. The Bertz CT molecular complexity index is 429. The van der Waals surface area contributed by atoms with Crippen molar-refractivity contribution < 1.29 is 4.79 Å².